The average molecular weight is 875 g/mol. The Labute approximate surface area is 390 Å². The van der Waals surface area contributed by atoms with E-state index in [0.29, 0.717) is 12.3 Å². The lowest BCUT2D eigenvalue weighted by Crippen LogP contribution is -2.33. The zero-order chi connectivity index (χ0) is 45.0. The number of para-hydroxylation sites is 3. The molecule has 4 atom stereocenters. The first kappa shape index (κ1) is 40.5. The topological polar surface area (TPSA) is 14.7 Å². The first-order valence-corrected chi connectivity index (χ1v) is 23.3. The van der Waals surface area contributed by atoms with E-state index in [9.17, 15) is 8.78 Å². The fraction of sp³-hybridized carbons (Fsp3) is 0.115. The highest BCUT2D eigenvalue weighted by molar-refractivity contribution is 6.09. The number of nitrogens with zero attached hydrogens (tertiary/aromatic N) is 4. The summed E-state index contributed by atoms with van der Waals surface area (Å²) in [4.78, 5) is 7.08. The van der Waals surface area contributed by atoms with E-state index in [1.165, 1.54) is 16.6 Å². The van der Waals surface area contributed by atoms with Crippen LogP contribution in [0.1, 0.15) is 37.3 Å². The Hall–Kier alpha value is -7.96. The van der Waals surface area contributed by atoms with Gasteiger partial charge in [0, 0.05) is 79.3 Å². The number of halogens is 2. The minimum atomic E-state index is -0.221. The van der Waals surface area contributed by atoms with Gasteiger partial charge < -0.3 is 19.3 Å². The molecule has 0 fully saturated rings. The lowest BCUT2D eigenvalue weighted by molar-refractivity contribution is 0.484. The smallest absolute Gasteiger partial charge is 0.123 e. The number of rotatable bonds is 9. The monoisotopic (exact) mass is 874 g/mol. The molecule has 4 unspecified atom stereocenters. The van der Waals surface area contributed by atoms with Gasteiger partial charge in [-0.25, -0.2) is 8.78 Å². The van der Waals surface area contributed by atoms with Crippen molar-refractivity contribution in [1.82, 2.24) is 4.57 Å². The second-order valence-corrected chi connectivity index (χ2v) is 18.1. The van der Waals surface area contributed by atoms with Crippen molar-refractivity contribution in [2.75, 3.05) is 14.7 Å². The van der Waals surface area contributed by atoms with Crippen molar-refractivity contribution >= 4 is 67.3 Å². The second-order valence-electron chi connectivity index (χ2n) is 18.1. The van der Waals surface area contributed by atoms with Gasteiger partial charge in [-0.05, 0) is 163 Å². The lowest BCUT2D eigenvalue weighted by atomic mass is 9.83. The van der Waals surface area contributed by atoms with Crippen LogP contribution in [0.3, 0.4) is 0 Å². The zero-order valence-corrected chi connectivity index (χ0v) is 37.1. The van der Waals surface area contributed by atoms with Gasteiger partial charge in [0.15, 0.2) is 0 Å². The Morgan fingerprint density at radius 3 is 1.72 bits per heavy atom. The lowest BCUT2D eigenvalue weighted by Gasteiger charge is -2.33. The predicted octanol–water partition coefficient (Wildman–Crippen LogP) is 17.1. The number of hydrogen-bond acceptors (Lipinski definition) is 3. The molecule has 0 saturated carbocycles. The summed E-state index contributed by atoms with van der Waals surface area (Å²) in [6.45, 7) is 2.28. The van der Waals surface area contributed by atoms with Crippen LogP contribution in [0.5, 0.6) is 0 Å². The normalized spacial score (nSPS) is 18.5. The van der Waals surface area contributed by atoms with Crippen LogP contribution in [0.25, 0.3) is 32.9 Å². The second kappa shape index (κ2) is 16.8. The van der Waals surface area contributed by atoms with E-state index in [2.05, 4.69) is 208 Å². The molecule has 6 heteroatoms. The third-order valence-corrected chi connectivity index (χ3v) is 13.9. The van der Waals surface area contributed by atoms with E-state index in [4.69, 9.17) is 0 Å². The van der Waals surface area contributed by atoms with Crippen LogP contribution in [0.2, 0.25) is 0 Å². The molecule has 8 aromatic carbocycles. The molecule has 9 aromatic rings. The highest BCUT2D eigenvalue weighted by Crippen LogP contribution is 2.52. The fourth-order valence-electron chi connectivity index (χ4n) is 10.8. The van der Waals surface area contributed by atoms with Crippen molar-refractivity contribution in [3.63, 3.8) is 0 Å². The van der Waals surface area contributed by atoms with Gasteiger partial charge in [-0.2, -0.15) is 0 Å². The molecule has 0 amide bonds. The molecule has 2 aliphatic carbocycles. The predicted molar refractivity (Wildman–Crippen MR) is 274 cm³/mol. The largest absolute Gasteiger partial charge is 0.337 e. The standard InChI is InChI=1S/C61H48F2N4/c1-41-16-35-55-57-40-53(34-37-60(57)67(61(55)38-41)51-31-23-45(63)24-32-51)65(47-12-6-3-7-13-47)49-27-19-43(20-28-49)42-17-25-48(26-18-42)64(46-10-4-2-5-11-46)52-33-36-59-56(39-52)54-14-8-9-15-58(54)66(59)50-29-21-44(62)22-30-50/h2-29,31-37,39-41,50,55,61H,30,38H2,1H3. The maximum Gasteiger partial charge on any atom is 0.123 e. The quantitative estimate of drug-likeness (QED) is 0.134. The van der Waals surface area contributed by atoms with E-state index in [-0.39, 0.29) is 29.6 Å². The van der Waals surface area contributed by atoms with Crippen LogP contribution in [-0.2, 0) is 0 Å². The Morgan fingerprint density at radius 1 is 0.507 bits per heavy atom. The van der Waals surface area contributed by atoms with Gasteiger partial charge in [0.2, 0.25) is 0 Å². The van der Waals surface area contributed by atoms with Crippen molar-refractivity contribution in [3.05, 3.63) is 242 Å². The van der Waals surface area contributed by atoms with Crippen molar-refractivity contribution < 1.29 is 8.78 Å². The molecule has 2 heterocycles. The summed E-state index contributed by atoms with van der Waals surface area (Å²) in [5, 5.41) is 2.34. The maximum absolute atomic E-state index is 14.1. The van der Waals surface area contributed by atoms with Gasteiger partial charge in [-0.3, -0.25) is 0 Å². The van der Waals surface area contributed by atoms with Gasteiger partial charge in [-0.1, -0.05) is 104 Å². The maximum atomic E-state index is 14.1. The molecule has 0 bridgehead atoms. The summed E-state index contributed by atoms with van der Waals surface area (Å²) in [5.41, 5.74) is 14.4. The fourth-order valence-corrected chi connectivity index (χ4v) is 10.8. The minimum Gasteiger partial charge on any atom is -0.337 e. The van der Waals surface area contributed by atoms with E-state index in [1.54, 1.807) is 24.3 Å². The SMILES string of the molecule is CC1C=CC2c3cc(N(c4ccccc4)c4ccc(-c5ccc(N(c6ccccc6)c6ccc7c(c6)c6ccccc6n7C6C=CC(F)=CC6)cc5)cc4)ccc3N(c3ccc(F)cc3)C2C1. The molecule has 4 nitrogen and oxygen atoms in total. The van der Waals surface area contributed by atoms with E-state index >= 15 is 0 Å². The zero-order valence-electron chi connectivity index (χ0n) is 37.1. The number of allylic oxidation sites excluding steroid dienone is 5. The highest BCUT2D eigenvalue weighted by atomic mass is 19.1. The molecule has 1 aliphatic heterocycles. The Balaban J connectivity index is 0.875. The van der Waals surface area contributed by atoms with Gasteiger partial charge in [0.1, 0.15) is 11.6 Å². The van der Waals surface area contributed by atoms with Crippen molar-refractivity contribution in [2.24, 2.45) is 5.92 Å². The molecule has 3 aliphatic rings. The number of aromatic nitrogens is 1. The van der Waals surface area contributed by atoms with Crippen molar-refractivity contribution in [3.8, 4) is 11.1 Å². The Bertz CT molecular complexity index is 3350. The number of benzene rings is 8. The summed E-state index contributed by atoms with van der Waals surface area (Å²) in [5.74, 6) is 0.298. The number of anilines is 8. The minimum absolute atomic E-state index is 0.0349. The van der Waals surface area contributed by atoms with E-state index in [1.807, 2.05) is 18.2 Å². The van der Waals surface area contributed by atoms with E-state index < -0.39 is 0 Å². The molecule has 0 saturated heterocycles. The van der Waals surface area contributed by atoms with Crippen LogP contribution in [-0.4, -0.2) is 10.6 Å². The van der Waals surface area contributed by atoms with Crippen LogP contribution in [0, 0.1) is 11.7 Å². The molecule has 0 spiro atoms. The van der Waals surface area contributed by atoms with E-state index in [0.717, 1.165) is 73.8 Å². The van der Waals surface area contributed by atoms with Crippen LogP contribution < -0.4 is 14.7 Å². The van der Waals surface area contributed by atoms with Crippen LogP contribution in [0.4, 0.5) is 54.3 Å². The first-order chi connectivity index (χ1) is 32.9. The Kier molecular flexibility index (Phi) is 10.2. The van der Waals surface area contributed by atoms with Gasteiger partial charge in [-0.15, -0.1) is 0 Å². The summed E-state index contributed by atoms with van der Waals surface area (Å²) in [6.07, 6.45) is 11.6. The molecule has 12 rings (SSSR count). The van der Waals surface area contributed by atoms with Gasteiger partial charge in [0.05, 0.1) is 6.04 Å². The third-order valence-electron chi connectivity index (χ3n) is 13.9. The average Bonchev–Trinajstić information content (AvgIpc) is 3.87. The molecule has 326 valence electrons. The third kappa shape index (κ3) is 7.30. The summed E-state index contributed by atoms with van der Waals surface area (Å²) in [6, 6.07) is 68.1. The first-order valence-electron chi connectivity index (χ1n) is 23.3. The van der Waals surface area contributed by atoms with Crippen molar-refractivity contribution in [2.45, 2.75) is 37.8 Å². The van der Waals surface area contributed by atoms with Gasteiger partial charge in [0.25, 0.3) is 0 Å². The Morgan fingerprint density at radius 2 is 1.07 bits per heavy atom. The van der Waals surface area contributed by atoms with Gasteiger partial charge >= 0.3 is 0 Å². The van der Waals surface area contributed by atoms with Crippen molar-refractivity contribution in [1.29, 1.82) is 0 Å². The molecule has 1 aromatic heterocycles. The van der Waals surface area contributed by atoms with Crippen LogP contribution in [0.15, 0.2) is 230 Å². The summed E-state index contributed by atoms with van der Waals surface area (Å²) < 4.78 is 30.5. The highest BCUT2D eigenvalue weighted by Gasteiger charge is 2.40. The van der Waals surface area contributed by atoms with Crippen LogP contribution >= 0.6 is 0 Å². The summed E-state index contributed by atoms with van der Waals surface area (Å²) in [7, 11) is 0. The summed E-state index contributed by atoms with van der Waals surface area (Å²) >= 11 is 0. The number of hydrogen-bond donors (Lipinski definition) is 0. The molecule has 0 radical (unpaired) electrons. The molecular formula is C61H48F2N4. The molecule has 67 heavy (non-hydrogen) atoms. The number of fused-ring (bicyclic) bond motifs is 6. The molecular weight excluding hydrogens is 827 g/mol. The molecule has 0 N–H and O–H groups in total.